The number of carbonyl (C=O) groups excluding carboxylic acids is 2. The molecule has 2 rings (SSSR count). The van der Waals surface area contributed by atoms with E-state index in [0.717, 1.165) is 5.56 Å². The number of carbonyl (C=O) groups is 2. The number of hydrogen-bond donors (Lipinski definition) is 3. The monoisotopic (exact) mass is 288 g/mol. The van der Waals surface area contributed by atoms with Gasteiger partial charge >= 0.3 is 0 Å². The topological polar surface area (TPSA) is 129 Å². The van der Waals surface area contributed by atoms with Gasteiger partial charge in [0.15, 0.2) is 0 Å². The first-order chi connectivity index (χ1) is 10.1. The van der Waals surface area contributed by atoms with Gasteiger partial charge in [0.25, 0.3) is 0 Å². The highest BCUT2D eigenvalue weighted by Gasteiger charge is 2.06. The predicted octanol–water partition coefficient (Wildman–Crippen LogP) is -0.848. The number of hydrogen-bond acceptors (Lipinski definition) is 5. The van der Waals surface area contributed by atoms with Gasteiger partial charge in [-0.05, 0) is 17.7 Å². The SMILES string of the molecule is NCc1cn(CC(=O)NCc2cccc(C(N)=O)c2)nn1. The molecule has 0 aliphatic heterocycles. The molecule has 1 aromatic heterocycles. The van der Waals surface area contributed by atoms with Crippen molar-refractivity contribution >= 4 is 11.8 Å². The molecule has 0 atom stereocenters. The highest BCUT2D eigenvalue weighted by Crippen LogP contribution is 2.04. The Hall–Kier alpha value is -2.74. The number of benzene rings is 1. The fourth-order valence-corrected chi connectivity index (χ4v) is 1.75. The third kappa shape index (κ3) is 4.11. The highest BCUT2D eigenvalue weighted by atomic mass is 16.2. The van der Waals surface area contributed by atoms with Crippen LogP contribution >= 0.6 is 0 Å². The lowest BCUT2D eigenvalue weighted by molar-refractivity contribution is -0.122. The summed E-state index contributed by atoms with van der Waals surface area (Å²) in [5, 5.41) is 10.3. The number of nitrogens with zero attached hydrogens (tertiary/aromatic N) is 3. The van der Waals surface area contributed by atoms with Gasteiger partial charge in [-0.25, -0.2) is 4.68 Å². The Bertz CT molecular complexity index is 652. The fourth-order valence-electron chi connectivity index (χ4n) is 1.75. The molecule has 21 heavy (non-hydrogen) atoms. The lowest BCUT2D eigenvalue weighted by Crippen LogP contribution is -2.27. The minimum atomic E-state index is -0.500. The van der Waals surface area contributed by atoms with Crippen molar-refractivity contribution in [2.24, 2.45) is 11.5 Å². The summed E-state index contributed by atoms with van der Waals surface area (Å²) in [6.45, 7) is 0.641. The van der Waals surface area contributed by atoms with Crippen molar-refractivity contribution in [2.45, 2.75) is 19.6 Å². The van der Waals surface area contributed by atoms with Crippen LogP contribution in [0.3, 0.4) is 0 Å². The summed E-state index contributed by atoms with van der Waals surface area (Å²) in [5.74, 6) is -0.715. The van der Waals surface area contributed by atoms with E-state index in [1.165, 1.54) is 4.68 Å². The third-order valence-corrected chi connectivity index (χ3v) is 2.80. The van der Waals surface area contributed by atoms with Crippen molar-refractivity contribution in [1.29, 1.82) is 0 Å². The molecule has 0 fully saturated rings. The van der Waals surface area contributed by atoms with Crippen molar-refractivity contribution in [1.82, 2.24) is 20.3 Å². The molecule has 110 valence electrons. The van der Waals surface area contributed by atoms with Gasteiger partial charge in [-0.15, -0.1) is 5.10 Å². The molecule has 8 nitrogen and oxygen atoms in total. The van der Waals surface area contributed by atoms with Gasteiger partial charge in [0.1, 0.15) is 6.54 Å². The molecule has 1 heterocycles. The van der Waals surface area contributed by atoms with Crippen LogP contribution in [0.4, 0.5) is 0 Å². The zero-order chi connectivity index (χ0) is 15.2. The maximum absolute atomic E-state index is 11.8. The van der Waals surface area contributed by atoms with Crippen LogP contribution in [0.15, 0.2) is 30.5 Å². The third-order valence-electron chi connectivity index (χ3n) is 2.80. The van der Waals surface area contributed by atoms with Crippen LogP contribution in [0, 0.1) is 0 Å². The summed E-state index contributed by atoms with van der Waals surface area (Å²) in [6, 6.07) is 6.78. The Morgan fingerprint density at radius 2 is 2.14 bits per heavy atom. The number of primary amides is 1. The summed E-state index contributed by atoms with van der Waals surface area (Å²) in [5.41, 5.74) is 12.4. The van der Waals surface area contributed by atoms with Crippen LogP contribution in [-0.4, -0.2) is 26.8 Å². The molecule has 2 amide bonds. The first kappa shape index (κ1) is 14.7. The molecule has 0 radical (unpaired) electrons. The van der Waals surface area contributed by atoms with Crippen LogP contribution in [0.1, 0.15) is 21.6 Å². The summed E-state index contributed by atoms with van der Waals surface area (Å²) < 4.78 is 1.41. The van der Waals surface area contributed by atoms with Gasteiger partial charge in [-0.1, -0.05) is 17.3 Å². The number of nitrogens with one attached hydrogen (secondary N) is 1. The Labute approximate surface area is 121 Å². The van der Waals surface area contributed by atoms with Gasteiger partial charge in [0.2, 0.25) is 11.8 Å². The van der Waals surface area contributed by atoms with Crippen molar-refractivity contribution in [3.63, 3.8) is 0 Å². The lowest BCUT2D eigenvalue weighted by Gasteiger charge is -2.06. The van der Waals surface area contributed by atoms with Crippen LogP contribution in [0.5, 0.6) is 0 Å². The summed E-state index contributed by atoms with van der Waals surface area (Å²) in [6.07, 6.45) is 1.62. The molecule has 1 aromatic carbocycles. The summed E-state index contributed by atoms with van der Waals surface area (Å²) >= 11 is 0. The molecule has 5 N–H and O–H groups in total. The quantitative estimate of drug-likeness (QED) is 0.637. The van der Waals surface area contributed by atoms with E-state index in [4.69, 9.17) is 11.5 Å². The lowest BCUT2D eigenvalue weighted by atomic mass is 10.1. The second-order valence-electron chi connectivity index (χ2n) is 4.45. The molecule has 2 aromatic rings. The number of rotatable bonds is 6. The van der Waals surface area contributed by atoms with E-state index in [9.17, 15) is 9.59 Å². The molecule has 0 aliphatic carbocycles. The average Bonchev–Trinajstić information content (AvgIpc) is 2.93. The van der Waals surface area contributed by atoms with E-state index in [2.05, 4.69) is 15.6 Å². The van der Waals surface area contributed by atoms with Crippen molar-refractivity contribution in [3.05, 3.63) is 47.3 Å². The van der Waals surface area contributed by atoms with Gasteiger partial charge in [-0.2, -0.15) is 0 Å². The highest BCUT2D eigenvalue weighted by molar-refractivity contribution is 5.92. The van der Waals surface area contributed by atoms with Gasteiger partial charge in [-0.3, -0.25) is 9.59 Å². The minimum Gasteiger partial charge on any atom is -0.366 e. The zero-order valence-corrected chi connectivity index (χ0v) is 11.3. The number of aromatic nitrogens is 3. The van der Waals surface area contributed by atoms with E-state index >= 15 is 0 Å². The fraction of sp³-hybridized carbons (Fsp3) is 0.231. The molecule has 0 saturated heterocycles. The Morgan fingerprint density at radius 3 is 2.81 bits per heavy atom. The molecular formula is C13H16N6O2. The minimum absolute atomic E-state index is 0.0580. The molecular weight excluding hydrogens is 272 g/mol. The first-order valence-electron chi connectivity index (χ1n) is 6.33. The Balaban J connectivity index is 1.89. The maximum atomic E-state index is 11.8. The van der Waals surface area contributed by atoms with E-state index in [0.29, 0.717) is 17.8 Å². The van der Waals surface area contributed by atoms with Gasteiger partial charge < -0.3 is 16.8 Å². The van der Waals surface area contributed by atoms with E-state index < -0.39 is 5.91 Å². The Morgan fingerprint density at radius 1 is 1.33 bits per heavy atom. The average molecular weight is 288 g/mol. The molecule has 0 saturated carbocycles. The smallest absolute Gasteiger partial charge is 0.248 e. The molecule has 0 aliphatic rings. The number of amides is 2. The molecule has 0 unspecified atom stereocenters. The van der Waals surface area contributed by atoms with Crippen molar-refractivity contribution < 1.29 is 9.59 Å². The second kappa shape index (κ2) is 6.62. The maximum Gasteiger partial charge on any atom is 0.248 e. The second-order valence-corrected chi connectivity index (χ2v) is 4.45. The molecule has 0 spiro atoms. The van der Waals surface area contributed by atoms with E-state index in [1.807, 2.05) is 0 Å². The van der Waals surface area contributed by atoms with E-state index in [-0.39, 0.29) is 19.0 Å². The van der Waals surface area contributed by atoms with Crippen molar-refractivity contribution in [3.8, 4) is 0 Å². The van der Waals surface area contributed by atoms with Gasteiger partial charge in [0, 0.05) is 18.7 Å². The predicted molar refractivity (Wildman–Crippen MR) is 74.7 cm³/mol. The molecule has 8 heteroatoms. The van der Waals surface area contributed by atoms with E-state index in [1.54, 1.807) is 30.5 Å². The molecule has 0 bridgehead atoms. The Kier molecular flexibility index (Phi) is 4.62. The largest absolute Gasteiger partial charge is 0.366 e. The zero-order valence-electron chi connectivity index (χ0n) is 11.3. The standard InChI is InChI=1S/C13H16N6O2/c14-5-11-7-19(18-17-11)8-12(20)16-6-9-2-1-3-10(4-9)13(15)21/h1-4,7H,5-6,8,14H2,(H2,15,21)(H,16,20). The summed E-state index contributed by atoms with van der Waals surface area (Å²) in [4.78, 5) is 22.8. The normalized spacial score (nSPS) is 10.3. The van der Waals surface area contributed by atoms with Crippen molar-refractivity contribution in [2.75, 3.05) is 0 Å². The first-order valence-corrected chi connectivity index (χ1v) is 6.33. The van der Waals surface area contributed by atoms with Gasteiger partial charge in [0.05, 0.1) is 11.9 Å². The summed E-state index contributed by atoms with van der Waals surface area (Å²) in [7, 11) is 0. The van der Waals surface area contributed by atoms with Crippen LogP contribution in [-0.2, 0) is 24.4 Å². The number of nitrogens with two attached hydrogens (primary N) is 2. The van der Waals surface area contributed by atoms with Crippen LogP contribution < -0.4 is 16.8 Å². The van der Waals surface area contributed by atoms with Crippen LogP contribution in [0.25, 0.3) is 0 Å². The van der Waals surface area contributed by atoms with Crippen LogP contribution in [0.2, 0.25) is 0 Å².